The predicted octanol–water partition coefficient (Wildman–Crippen LogP) is 12.7. The molecule has 0 aliphatic rings. The topological polar surface area (TPSA) is 80.9 Å². The van der Waals surface area contributed by atoms with Crippen molar-refractivity contribution in [2.24, 2.45) is 0 Å². The van der Waals surface area contributed by atoms with Gasteiger partial charge in [-0.1, -0.05) is 105 Å². The van der Waals surface area contributed by atoms with E-state index in [9.17, 15) is 5.11 Å². The number of imidazole rings is 2. The SMILES string of the molecule is CC(C)(C)c1cc(-c2ccc3nc4c5cc6oc7ccccc7c6cc5n5c6ccccc6nc5n4c3n2)cc(-c2cc(C(C)(C)C)cc(C(C)(C)C)c2O)c1. The predicted molar refractivity (Wildman–Crippen MR) is 230 cm³/mol. The van der Waals surface area contributed by atoms with Crippen molar-refractivity contribution >= 4 is 66.5 Å². The van der Waals surface area contributed by atoms with Crippen LogP contribution in [0.15, 0.2) is 108 Å². The Morgan fingerprint density at radius 1 is 0.518 bits per heavy atom. The molecule has 7 heteroatoms. The number of phenolic OH excluding ortho intramolecular Hbond substituents is 1. The molecule has 1 N–H and O–H groups in total. The molecule has 0 atom stereocenters. The quantitative estimate of drug-likeness (QED) is 0.191. The van der Waals surface area contributed by atoms with Crippen LogP contribution in [0.4, 0.5) is 0 Å². The first-order valence-electron chi connectivity index (χ1n) is 19.4. The number of rotatable bonds is 2. The molecule has 0 radical (unpaired) electrons. The van der Waals surface area contributed by atoms with Gasteiger partial charge in [-0.3, -0.25) is 4.40 Å². The number of pyridine rings is 1. The average Bonchev–Trinajstić information content (AvgIpc) is 3.83. The van der Waals surface area contributed by atoms with E-state index in [0.29, 0.717) is 5.75 Å². The van der Waals surface area contributed by atoms with Gasteiger partial charge in [0, 0.05) is 32.8 Å². The molecule has 0 aliphatic heterocycles. The van der Waals surface area contributed by atoms with E-state index in [1.165, 1.54) is 5.56 Å². The van der Waals surface area contributed by atoms with Crippen LogP contribution in [-0.2, 0) is 16.2 Å². The summed E-state index contributed by atoms with van der Waals surface area (Å²) in [6.07, 6.45) is 0. The Morgan fingerprint density at radius 3 is 2.00 bits per heavy atom. The summed E-state index contributed by atoms with van der Waals surface area (Å²) in [7, 11) is 0. The van der Waals surface area contributed by atoms with Crippen LogP contribution in [0, 0.1) is 0 Å². The Bertz CT molecular complexity index is 3270. The summed E-state index contributed by atoms with van der Waals surface area (Å²) in [6.45, 7) is 19.8. The van der Waals surface area contributed by atoms with Crippen molar-refractivity contribution in [1.29, 1.82) is 0 Å². The summed E-state index contributed by atoms with van der Waals surface area (Å²) in [5.41, 5.74) is 13.2. The maximum Gasteiger partial charge on any atom is 0.223 e. The highest BCUT2D eigenvalue weighted by Gasteiger charge is 2.27. The lowest BCUT2D eigenvalue weighted by atomic mass is 9.77. The number of aromatic nitrogens is 5. The van der Waals surface area contributed by atoms with E-state index < -0.39 is 0 Å². The first-order chi connectivity index (χ1) is 26.5. The van der Waals surface area contributed by atoms with E-state index in [4.69, 9.17) is 19.4 Å². The molecule has 10 aromatic rings. The third-order valence-corrected chi connectivity index (χ3v) is 11.4. The Balaban J connectivity index is 1.26. The highest BCUT2D eigenvalue weighted by Crippen LogP contribution is 2.44. The van der Waals surface area contributed by atoms with Crippen LogP contribution >= 0.6 is 0 Å². The summed E-state index contributed by atoms with van der Waals surface area (Å²) >= 11 is 0. The van der Waals surface area contributed by atoms with E-state index in [1.807, 2.05) is 24.3 Å². The van der Waals surface area contributed by atoms with Gasteiger partial charge in [-0.2, -0.15) is 0 Å². The molecule has 0 fully saturated rings. The van der Waals surface area contributed by atoms with Gasteiger partial charge in [-0.15, -0.1) is 0 Å². The van der Waals surface area contributed by atoms with Crippen LogP contribution in [0.25, 0.3) is 88.8 Å². The third kappa shape index (κ3) is 5.13. The summed E-state index contributed by atoms with van der Waals surface area (Å²) in [5, 5.41) is 15.0. The molecule has 0 saturated heterocycles. The normalized spacial score (nSPS) is 13.2. The van der Waals surface area contributed by atoms with E-state index >= 15 is 0 Å². The molecule has 0 amide bonds. The lowest BCUT2D eigenvalue weighted by molar-refractivity contribution is 0.446. The van der Waals surface area contributed by atoms with Crippen molar-refractivity contribution in [1.82, 2.24) is 23.8 Å². The number of fused-ring (bicyclic) bond motifs is 13. The number of phenols is 1. The van der Waals surface area contributed by atoms with Crippen molar-refractivity contribution < 1.29 is 9.52 Å². The molecular formula is C49H45N5O2. The smallest absolute Gasteiger partial charge is 0.223 e. The largest absolute Gasteiger partial charge is 0.507 e. The fourth-order valence-corrected chi connectivity index (χ4v) is 8.24. The van der Waals surface area contributed by atoms with Crippen LogP contribution < -0.4 is 0 Å². The fraction of sp³-hybridized carbons (Fsp3) is 0.245. The van der Waals surface area contributed by atoms with E-state index in [-0.39, 0.29) is 16.2 Å². The van der Waals surface area contributed by atoms with Crippen LogP contribution in [0.1, 0.15) is 79.0 Å². The first-order valence-corrected chi connectivity index (χ1v) is 19.4. The minimum Gasteiger partial charge on any atom is -0.507 e. The third-order valence-electron chi connectivity index (χ3n) is 11.4. The maximum absolute atomic E-state index is 12.0. The molecule has 5 aromatic heterocycles. The van der Waals surface area contributed by atoms with Gasteiger partial charge in [0.15, 0.2) is 11.3 Å². The summed E-state index contributed by atoms with van der Waals surface area (Å²) < 4.78 is 10.7. The monoisotopic (exact) mass is 735 g/mol. The zero-order valence-corrected chi connectivity index (χ0v) is 33.4. The maximum atomic E-state index is 12.0. The summed E-state index contributed by atoms with van der Waals surface area (Å²) in [4.78, 5) is 15.9. The molecule has 5 heterocycles. The Kier molecular flexibility index (Phi) is 6.99. The van der Waals surface area contributed by atoms with Gasteiger partial charge in [-0.05, 0) is 93.6 Å². The van der Waals surface area contributed by atoms with Gasteiger partial charge >= 0.3 is 0 Å². The Hall–Kier alpha value is -6.21. The van der Waals surface area contributed by atoms with E-state index in [2.05, 4.69) is 150 Å². The average molecular weight is 736 g/mol. The lowest BCUT2D eigenvalue weighted by Crippen LogP contribution is -2.17. The minimum atomic E-state index is -0.246. The molecule has 0 aliphatic carbocycles. The van der Waals surface area contributed by atoms with Crippen LogP contribution in [0.2, 0.25) is 0 Å². The van der Waals surface area contributed by atoms with Gasteiger partial charge in [0.05, 0.1) is 22.2 Å². The van der Waals surface area contributed by atoms with Crippen molar-refractivity contribution in [2.75, 3.05) is 0 Å². The van der Waals surface area contributed by atoms with Gasteiger partial charge in [-0.25, -0.2) is 19.4 Å². The van der Waals surface area contributed by atoms with Crippen molar-refractivity contribution in [3.63, 3.8) is 0 Å². The Morgan fingerprint density at radius 2 is 1.23 bits per heavy atom. The number of hydrogen-bond acceptors (Lipinski definition) is 5. The number of aromatic hydroxyl groups is 1. The highest BCUT2D eigenvalue weighted by atomic mass is 16.3. The Labute approximate surface area is 325 Å². The molecular weight excluding hydrogens is 691 g/mol. The number of benzene rings is 5. The molecule has 7 nitrogen and oxygen atoms in total. The minimum absolute atomic E-state index is 0.105. The zero-order valence-electron chi connectivity index (χ0n) is 33.4. The van der Waals surface area contributed by atoms with Gasteiger partial charge < -0.3 is 9.52 Å². The summed E-state index contributed by atoms with van der Waals surface area (Å²) in [5.74, 6) is 1.07. The second kappa shape index (κ2) is 11.4. The van der Waals surface area contributed by atoms with Crippen LogP contribution in [0.3, 0.4) is 0 Å². The second-order valence-corrected chi connectivity index (χ2v) is 18.5. The van der Waals surface area contributed by atoms with Gasteiger partial charge in [0.1, 0.15) is 22.4 Å². The van der Waals surface area contributed by atoms with Gasteiger partial charge in [0.25, 0.3) is 0 Å². The molecule has 0 bridgehead atoms. The fourth-order valence-electron chi connectivity index (χ4n) is 8.24. The molecule has 0 saturated carbocycles. The number of para-hydroxylation sites is 3. The molecule has 10 rings (SSSR count). The lowest BCUT2D eigenvalue weighted by Gasteiger charge is -2.28. The highest BCUT2D eigenvalue weighted by molar-refractivity contribution is 6.13. The number of hydrogen-bond donors (Lipinski definition) is 1. The van der Waals surface area contributed by atoms with Crippen molar-refractivity contribution in [3.05, 3.63) is 120 Å². The second-order valence-electron chi connectivity index (χ2n) is 18.5. The molecule has 0 unspecified atom stereocenters. The zero-order chi connectivity index (χ0) is 39.1. The molecule has 5 aromatic carbocycles. The molecule has 0 spiro atoms. The van der Waals surface area contributed by atoms with Crippen LogP contribution in [-0.4, -0.2) is 28.9 Å². The first kappa shape index (κ1) is 34.3. The van der Waals surface area contributed by atoms with Gasteiger partial charge in [0.2, 0.25) is 5.78 Å². The van der Waals surface area contributed by atoms with Crippen LogP contribution in [0.5, 0.6) is 5.75 Å². The summed E-state index contributed by atoms with van der Waals surface area (Å²) in [6, 6.07) is 35.9. The van der Waals surface area contributed by atoms with E-state index in [1.54, 1.807) is 0 Å². The molecule has 56 heavy (non-hydrogen) atoms. The number of nitrogens with zero attached hydrogens (tertiary/aromatic N) is 5. The standard InChI is InChI=1S/C49H45N5O2/c1-47(2,3)29-21-27(32-23-30(48(4,5)6)24-35(43(32)55)49(7,8)9)20-28(22-29)36-18-19-38-45(50-36)54-44(51-38)34-26-42-33(31-14-10-13-17-41(31)56-42)25-40(34)53-39-16-12-11-15-37(39)52-46(53)54/h10-26,55H,1-9H3. The van der Waals surface area contributed by atoms with Crippen molar-refractivity contribution in [2.45, 2.75) is 78.6 Å². The van der Waals surface area contributed by atoms with E-state index in [0.717, 1.165) is 100.0 Å². The van der Waals surface area contributed by atoms with Crippen molar-refractivity contribution in [3.8, 4) is 28.1 Å². The number of furan rings is 1. The molecule has 278 valence electrons.